The Morgan fingerprint density at radius 1 is 1.47 bits per heavy atom. The predicted octanol–water partition coefficient (Wildman–Crippen LogP) is 0.883. The van der Waals surface area contributed by atoms with Crippen molar-refractivity contribution in [3.8, 4) is 0 Å². The molecule has 0 bridgehead atoms. The van der Waals surface area contributed by atoms with E-state index in [2.05, 4.69) is 10.4 Å². The Morgan fingerprint density at radius 2 is 2.20 bits per heavy atom. The second-order valence-corrected chi connectivity index (χ2v) is 4.00. The van der Waals surface area contributed by atoms with Crippen LogP contribution in [0, 0.1) is 0 Å². The molecule has 1 aromatic heterocycles. The van der Waals surface area contributed by atoms with Gasteiger partial charge in [0.25, 0.3) is 0 Å². The summed E-state index contributed by atoms with van der Waals surface area (Å²) in [6.07, 6.45) is 7.35. The highest BCUT2D eigenvalue weighted by atomic mass is 16.2. The molecule has 4 heteroatoms. The maximum absolute atomic E-state index is 11.9. The van der Waals surface area contributed by atoms with Gasteiger partial charge >= 0.3 is 0 Å². The largest absolute Gasteiger partial charge is 0.293 e. The number of hydrazine groups is 1. The van der Waals surface area contributed by atoms with Gasteiger partial charge in [-0.3, -0.25) is 15.2 Å². The van der Waals surface area contributed by atoms with Crippen molar-refractivity contribution in [3.05, 3.63) is 30.1 Å². The molecule has 1 fully saturated rings. The number of pyridine rings is 1. The first-order valence-corrected chi connectivity index (χ1v) is 5.21. The van der Waals surface area contributed by atoms with Crippen LogP contribution in [0.15, 0.2) is 24.5 Å². The zero-order chi connectivity index (χ0) is 10.7. The number of carbonyl (C=O) groups excluding carboxylic acids is 1. The molecular weight excluding hydrogens is 190 g/mol. The van der Waals surface area contributed by atoms with Crippen molar-refractivity contribution in [2.45, 2.75) is 31.1 Å². The Hall–Kier alpha value is -1.42. The molecule has 1 saturated carbocycles. The van der Waals surface area contributed by atoms with E-state index in [0.29, 0.717) is 0 Å². The lowest BCUT2D eigenvalue weighted by Crippen LogP contribution is -2.45. The van der Waals surface area contributed by atoms with E-state index >= 15 is 0 Å². The minimum atomic E-state index is -0.441. The van der Waals surface area contributed by atoms with E-state index in [4.69, 9.17) is 5.84 Å². The van der Waals surface area contributed by atoms with Crippen LogP contribution in [0.2, 0.25) is 0 Å². The molecule has 1 heterocycles. The van der Waals surface area contributed by atoms with Gasteiger partial charge in [-0.25, -0.2) is 5.84 Å². The lowest BCUT2D eigenvalue weighted by molar-refractivity contribution is -0.126. The fraction of sp³-hybridized carbons (Fsp3) is 0.455. The summed E-state index contributed by atoms with van der Waals surface area (Å²) in [6, 6.07) is 3.81. The summed E-state index contributed by atoms with van der Waals surface area (Å²) in [6.45, 7) is 0. The van der Waals surface area contributed by atoms with Crippen molar-refractivity contribution in [3.63, 3.8) is 0 Å². The molecule has 0 unspecified atom stereocenters. The van der Waals surface area contributed by atoms with Crippen LogP contribution in [0.4, 0.5) is 0 Å². The molecule has 1 amide bonds. The smallest absolute Gasteiger partial charge is 0.244 e. The normalized spacial score (nSPS) is 18.7. The number of amides is 1. The first-order valence-electron chi connectivity index (χ1n) is 5.21. The van der Waals surface area contributed by atoms with Gasteiger partial charge in [-0.05, 0) is 24.5 Å². The average Bonchev–Trinajstić information content (AvgIpc) is 2.79. The Balaban J connectivity index is 2.39. The molecule has 1 aliphatic rings. The Bertz CT molecular complexity index is 344. The molecule has 15 heavy (non-hydrogen) atoms. The second kappa shape index (κ2) is 3.98. The summed E-state index contributed by atoms with van der Waals surface area (Å²) in [4.78, 5) is 15.9. The van der Waals surface area contributed by atoms with Gasteiger partial charge in [0.2, 0.25) is 5.91 Å². The monoisotopic (exact) mass is 205 g/mol. The first kappa shape index (κ1) is 10.1. The van der Waals surface area contributed by atoms with Gasteiger partial charge in [0.05, 0.1) is 5.41 Å². The zero-order valence-electron chi connectivity index (χ0n) is 8.57. The summed E-state index contributed by atoms with van der Waals surface area (Å²) in [5.41, 5.74) is 2.82. The average molecular weight is 205 g/mol. The number of nitrogens with zero attached hydrogens (tertiary/aromatic N) is 1. The molecule has 4 nitrogen and oxygen atoms in total. The van der Waals surface area contributed by atoms with Crippen LogP contribution in [0.3, 0.4) is 0 Å². The maximum atomic E-state index is 11.9. The highest BCUT2D eigenvalue weighted by Gasteiger charge is 2.42. The van der Waals surface area contributed by atoms with Crippen LogP contribution >= 0.6 is 0 Å². The lowest BCUT2D eigenvalue weighted by Gasteiger charge is -2.26. The zero-order valence-corrected chi connectivity index (χ0v) is 8.57. The van der Waals surface area contributed by atoms with Gasteiger partial charge in [0, 0.05) is 12.4 Å². The summed E-state index contributed by atoms with van der Waals surface area (Å²) >= 11 is 0. The van der Waals surface area contributed by atoms with Crippen LogP contribution in [0.5, 0.6) is 0 Å². The maximum Gasteiger partial charge on any atom is 0.244 e. The third kappa shape index (κ3) is 1.61. The van der Waals surface area contributed by atoms with E-state index in [1.165, 1.54) is 0 Å². The minimum absolute atomic E-state index is 0.0898. The van der Waals surface area contributed by atoms with Gasteiger partial charge in [-0.1, -0.05) is 18.9 Å². The van der Waals surface area contributed by atoms with Crippen LogP contribution < -0.4 is 11.3 Å². The van der Waals surface area contributed by atoms with Crippen molar-refractivity contribution in [2.75, 3.05) is 0 Å². The fourth-order valence-corrected chi connectivity index (χ4v) is 2.41. The lowest BCUT2D eigenvalue weighted by atomic mass is 9.79. The Kier molecular flexibility index (Phi) is 2.68. The van der Waals surface area contributed by atoms with Gasteiger partial charge in [0.15, 0.2) is 0 Å². The Morgan fingerprint density at radius 3 is 2.73 bits per heavy atom. The van der Waals surface area contributed by atoms with E-state index in [1.807, 2.05) is 12.1 Å². The molecule has 0 aromatic carbocycles. The van der Waals surface area contributed by atoms with Crippen LogP contribution in [-0.2, 0) is 10.2 Å². The molecule has 2 rings (SSSR count). The molecule has 1 aromatic rings. The SMILES string of the molecule is NNC(=O)C1(c2cccnc2)CCCC1. The van der Waals surface area contributed by atoms with Crippen LogP contribution in [-0.4, -0.2) is 10.9 Å². The third-order valence-corrected chi connectivity index (χ3v) is 3.24. The number of carbonyl (C=O) groups is 1. The highest BCUT2D eigenvalue weighted by molar-refractivity contribution is 5.88. The van der Waals surface area contributed by atoms with E-state index in [9.17, 15) is 4.79 Å². The molecule has 1 aliphatic carbocycles. The van der Waals surface area contributed by atoms with Crippen molar-refractivity contribution < 1.29 is 4.79 Å². The third-order valence-electron chi connectivity index (χ3n) is 3.24. The Labute approximate surface area is 88.9 Å². The number of hydrogen-bond acceptors (Lipinski definition) is 3. The van der Waals surface area contributed by atoms with E-state index in [1.54, 1.807) is 12.4 Å². The van der Waals surface area contributed by atoms with Gasteiger partial charge in [-0.15, -0.1) is 0 Å². The topological polar surface area (TPSA) is 68.0 Å². The summed E-state index contributed by atoms with van der Waals surface area (Å²) in [5, 5.41) is 0. The molecule has 0 saturated heterocycles. The number of nitrogens with two attached hydrogens (primary N) is 1. The molecule has 3 N–H and O–H groups in total. The molecule has 80 valence electrons. The van der Waals surface area contributed by atoms with Crippen molar-refractivity contribution in [1.82, 2.24) is 10.4 Å². The summed E-state index contributed by atoms with van der Waals surface area (Å²) in [5.74, 6) is 5.16. The predicted molar refractivity (Wildman–Crippen MR) is 56.7 cm³/mol. The van der Waals surface area contributed by atoms with Crippen LogP contribution in [0.1, 0.15) is 31.2 Å². The number of aromatic nitrogens is 1. The van der Waals surface area contributed by atoms with E-state index < -0.39 is 5.41 Å². The number of rotatable bonds is 2. The number of nitrogens with one attached hydrogen (secondary N) is 1. The number of hydrogen-bond donors (Lipinski definition) is 2. The molecule has 0 spiro atoms. The standard InChI is InChI=1S/C11H15N3O/c12-14-10(15)11(5-1-2-6-11)9-4-3-7-13-8-9/h3-4,7-8H,1-2,5-6,12H2,(H,14,15). The molecular formula is C11H15N3O. The van der Waals surface area contributed by atoms with E-state index in [0.717, 1.165) is 31.2 Å². The molecule has 0 aliphatic heterocycles. The van der Waals surface area contributed by atoms with Gasteiger partial charge < -0.3 is 0 Å². The molecule has 0 atom stereocenters. The quantitative estimate of drug-likeness (QED) is 0.428. The van der Waals surface area contributed by atoms with Crippen molar-refractivity contribution >= 4 is 5.91 Å². The highest BCUT2D eigenvalue weighted by Crippen LogP contribution is 2.40. The summed E-state index contributed by atoms with van der Waals surface area (Å²) in [7, 11) is 0. The minimum Gasteiger partial charge on any atom is -0.293 e. The first-order chi connectivity index (χ1) is 7.29. The van der Waals surface area contributed by atoms with Gasteiger partial charge in [-0.2, -0.15) is 0 Å². The van der Waals surface area contributed by atoms with Crippen LogP contribution in [0.25, 0.3) is 0 Å². The van der Waals surface area contributed by atoms with Gasteiger partial charge in [0.1, 0.15) is 0 Å². The summed E-state index contributed by atoms with van der Waals surface area (Å²) < 4.78 is 0. The van der Waals surface area contributed by atoms with Crippen molar-refractivity contribution in [2.24, 2.45) is 5.84 Å². The van der Waals surface area contributed by atoms with Crippen molar-refractivity contribution in [1.29, 1.82) is 0 Å². The molecule has 0 radical (unpaired) electrons. The second-order valence-electron chi connectivity index (χ2n) is 4.00. The van der Waals surface area contributed by atoms with E-state index in [-0.39, 0.29) is 5.91 Å². The fourth-order valence-electron chi connectivity index (χ4n) is 2.41.